The van der Waals surface area contributed by atoms with Crippen molar-refractivity contribution < 1.29 is 81.0 Å². The van der Waals surface area contributed by atoms with Crippen molar-refractivity contribution in [3.8, 4) is 0 Å². The molecule has 9 amide bonds. The van der Waals surface area contributed by atoms with Gasteiger partial charge in [0.05, 0.1) is 17.5 Å². The number of carboxylic acids is 2. The van der Waals surface area contributed by atoms with Gasteiger partial charge in [-0.1, -0.05) is 26.0 Å². The highest BCUT2D eigenvalue weighted by atomic mass is 32.2. The Hall–Kier alpha value is -6.82. The molecule has 0 radical (unpaired) electrons. The zero-order valence-corrected chi connectivity index (χ0v) is 41.8. The number of unbranched alkanes of at least 4 members (excludes halogenated alkanes) is 1. The molecule has 1 aliphatic rings. The Balaban J connectivity index is 2.39. The van der Waals surface area contributed by atoms with Crippen LogP contribution in [-0.2, 0) is 69.3 Å². The van der Waals surface area contributed by atoms with Crippen molar-refractivity contribution in [1.82, 2.24) is 42.1 Å². The van der Waals surface area contributed by atoms with Gasteiger partial charge in [0.1, 0.15) is 48.3 Å². The lowest BCUT2D eigenvalue weighted by Crippen LogP contribution is -2.60. The van der Waals surface area contributed by atoms with E-state index in [1.165, 1.54) is 30.9 Å². The van der Waals surface area contributed by atoms with Crippen LogP contribution in [0.25, 0.3) is 0 Å². The summed E-state index contributed by atoms with van der Waals surface area (Å²) < 4.78 is 32.9. The van der Waals surface area contributed by atoms with Crippen molar-refractivity contribution in [2.75, 3.05) is 19.7 Å². The summed E-state index contributed by atoms with van der Waals surface area (Å²) in [5, 5.41) is 45.0. The number of carboxylic acid groups (broad SMARTS) is 2. The monoisotopic (exact) mass is 1060 g/mol. The maximum Gasteiger partial charge on any atom is 0.326 e. The van der Waals surface area contributed by atoms with Crippen molar-refractivity contribution in [1.29, 1.82) is 0 Å². The number of carbonyl (C=O) groups excluding carboxylic acids is 9. The standard InChI is InChI=1S/C44H69N11O17S/c1-22(2)35(54-36(60)23(3)46)43(67)55-19-7-9-32(55)42(66)52-30(20-25-10-12-26(13-11-25)73(70,71)72)40(64)48-24(4)37(61)49-28(14-16-33(47)57)39(63)50-27(8-5-6-18-45)38(62)53-31(21-56)41(65)51-29(44(68)69)15-17-34(58)59/h10-13,22-24,27-32,35,56H,5-9,14-21,45-46H2,1-4H3,(H2,47,57)(H,48,64)(H,49,61)(H,50,63)(H,51,65)(H,52,66)(H,53,62)(H,54,60)(H,58,59)(H,68,69)(H,70,71,72)/t23-,24-,27-,28-,29-,30-,31-,32-,35-/m0/s1. The Labute approximate surface area is 421 Å². The Bertz CT molecular complexity index is 2270. The average molecular weight is 1060 g/mol. The summed E-state index contributed by atoms with van der Waals surface area (Å²) in [5.74, 6) is -11.6. The van der Waals surface area contributed by atoms with E-state index in [2.05, 4.69) is 31.9 Å². The van der Waals surface area contributed by atoms with E-state index < -0.39 is 173 Å². The van der Waals surface area contributed by atoms with Crippen LogP contribution in [0.15, 0.2) is 29.2 Å². The molecule has 0 aliphatic carbocycles. The number of aliphatic carboxylic acids is 2. The number of aliphatic hydroxyl groups excluding tert-OH is 1. The molecule has 1 heterocycles. The third kappa shape index (κ3) is 20.7. The molecule has 9 atom stereocenters. The normalized spacial score (nSPS) is 16.7. The van der Waals surface area contributed by atoms with E-state index in [1.54, 1.807) is 13.8 Å². The Morgan fingerprint density at radius 3 is 1.74 bits per heavy atom. The van der Waals surface area contributed by atoms with Crippen LogP contribution in [0.5, 0.6) is 0 Å². The molecule has 0 bridgehead atoms. The Morgan fingerprint density at radius 1 is 0.685 bits per heavy atom. The highest BCUT2D eigenvalue weighted by molar-refractivity contribution is 7.85. The van der Waals surface area contributed by atoms with Gasteiger partial charge in [0.2, 0.25) is 53.2 Å². The molecule has 408 valence electrons. The Morgan fingerprint density at radius 2 is 1.22 bits per heavy atom. The van der Waals surface area contributed by atoms with Gasteiger partial charge in [-0.3, -0.25) is 52.5 Å². The fraction of sp³-hybridized carbons (Fsp3) is 0.614. The number of nitrogens with one attached hydrogen (secondary N) is 7. The van der Waals surface area contributed by atoms with Gasteiger partial charge in [-0.05, 0) is 89.0 Å². The summed E-state index contributed by atoms with van der Waals surface area (Å²) in [6, 6.07) is -8.17. The average Bonchev–Trinajstić information content (AvgIpc) is 3.81. The maximum atomic E-state index is 14.1. The van der Waals surface area contributed by atoms with Gasteiger partial charge in [-0.15, -0.1) is 0 Å². The molecule has 2 rings (SSSR count). The van der Waals surface area contributed by atoms with E-state index in [0.29, 0.717) is 12.8 Å². The lowest BCUT2D eigenvalue weighted by molar-refractivity contribution is -0.144. The molecule has 29 heteroatoms. The van der Waals surface area contributed by atoms with Gasteiger partial charge in [-0.25, -0.2) is 4.79 Å². The number of benzene rings is 1. The van der Waals surface area contributed by atoms with Crippen LogP contribution >= 0.6 is 0 Å². The first-order valence-corrected chi connectivity index (χ1v) is 24.8. The van der Waals surface area contributed by atoms with Crippen molar-refractivity contribution in [3.05, 3.63) is 29.8 Å². The Kier molecular flexibility index (Phi) is 25.3. The third-order valence-electron chi connectivity index (χ3n) is 11.5. The summed E-state index contributed by atoms with van der Waals surface area (Å²) in [7, 11) is -4.62. The van der Waals surface area contributed by atoms with Crippen molar-refractivity contribution in [3.63, 3.8) is 0 Å². The number of amides is 9. The van der Waals surface area contributed by atoms with E-state index in [1.807, 2.05) is 5.32 Å². The largest absolute Gasteiger partial charge is 0.481 e. The molecule has 0 aromatic heterocycles. The van der Waals surface area contributed by atoms with E-state index in [9.17, 15) is 75.9 Å². The number of rotatable bonds is 31. The van der Waals surface area contributed by atoms with E-state index in [0.717, 1.165) is 12.1 Å². The van der Waals surface area contributed by atoms with Crippen molar-refractivity contribution in [2.45, 2.75) is 151 Å². The highest BCUT2D eigenvalue weighted by Gasteiger charge is 2.40. The second-order valence-corrected chi connectivity index (χ2v) is 19.2. The fourth-order valence-corrected chi connectivity index (χ4v) is 7.80. The number of nitrogens with zero attached hydrogens (tertiary/aromatic N) is 1. The minimum absolute atomic E-state index is 0.121. The molecule has 1 aromatic carbocycles. The molecular weight excluding hydrogens is 987 g/mol. The van der Waals surface area contributed by atoms with Gasteiger partial charge in [-0.2, -0.15) is 8.42 Å². The van der Waals surface area contributed by atoms with Crippen LogP contribution < -0.4 is 54.4 Å². The van der Waals surface area contributed by atoms with Crippen LogP contribution in [-0.4, -0.2) is 172 Å². The first kappa shape index (κ1) is 62.3. The summed E-state index contributed by atoms with van der Waals surface area (Å²) in [6.45, 7) is 5.23. The number of aliphatic hydroxyl groups is 1. The van der Waals surface area contributed by atoms with Crippen LogP contribution in [0.2, 0.25) is 0 Å². The van der Waals surface area contributed by atoms with E-state index in [-0.39, 0.29) is 44.3 Å². The lowest BCUT2D eigenvalue weighted by atomic mass is 10.0. The molecule has 1 saturated heterocycles. The lowest BCUT2D eigenvalue weighted by Gasteiger charge is -2.31. The van der Waals surface area contributed by atoms with Crippen LogP contribution in [0, 0.1) is 5.92 Å². The van der Waals surface area contributed by atoms with Gasteiger partial charge >= 0.3 is 11.9 Å². The fourth-order valence-electron chi connectivity index (χ4n) is 7.32. The number of primary amides is 1. The van der Waals surface area contributed by atoms with Crippen LogP contribution in [0.1, 0.15) is 91.0 Å². The van der Waals surface area contributed by atoms with Gasteiger partial charge in [0, 0.05) is 25.8 Å². The SMILES string of the molecule is CC(C)[C@H](NC(=O)[C@H](C)N)C(=O)N1CCC[C@H]1C(=O)N[C@@H](Cc1ccc(S(=O)(=O)O)cc1)C(=O)N[C@@H](C)C(=O)N[C@@H](CCC(N)=O)C(=O)N[C@@H](CCCCN)C(=O)N[C@@H](CO)C(=O)N[C@@H](CCC(=O)O)C(=O)O. The molecule has 17 N–H and O–H groups in total. The summed E-state index contributed by atoms with van der Waals surface area (Å²) in [5.41, 5.74) is 16.9. The number of likely N-dealkylation sites (tertiary alicyclic amines) is 1. The summed E-state index contributed by atoms with van der Waals surface area (Å²) in [6.07, 6.45) is -1.48. The predicted octanol–water partition coefficient (Wildman–Crippen LogP) is -4.78. The number of nitrogens with two attached hydrogens (primary N) is 3. The van der Waals surface area contributed by atoms with E-state index >= 15 is 0 Å². The zero-order chi connectivity index (χ0) is 55.3. The zero-order valence-electron chi connectivity index (χ0n) is 41.0. The topological polar surface area (TPSA) is 468 Å². The molecule has 73 heavy (non-hydrogen) atoms. The second kappa shape index (κ2) is 29.6. The number of carbonyl (C=O) groups is 11. The van der Waals surface area contributed by atoms with Gasteiger partial charge in [0.15, 0.2) is 0 Å². The minimum Gasteiger partial charge on any atom is -0.481 e. The molecule has 28 nitrogen and oxygen atoms in total. The first-order valence-electron chi connectivity index (χ1n) is 23.4. The van der Waals surface area contributed by atoms with Crippen molar-refractivity contribution in [2.24, 2.45) is 23.1 Å². The number of hydrogen-bond acceptors (Lipinski definition) is 16. The van der Waals surface area contributed by atoms with Crippen LogP contribution in [0.3, 0.4) is 0 Å². The van der Waals surface area contributed by atoms with Crippen LogP contribution in [0.4, 0.5) is 0 Å². The molecule has 1 fully saturated rings. The summed E-state index contributed by atoms with van der Waals surface area (Å²) >= 11 is 0. The van der Waals surface area contributed by atoms with Gasteiger partial charge in [0.25, 0.3) is 10.1 Å². The molecular formula is C44H69N11O17S. The molecule has 0 saturated carbocycles. The minimum atomic E-state index is -4.62. The highest BCUT2D eigenvalue weighted by Crippen LogP contribution is 2.21. The summed E-state index contributed by atoms with van der Waals surface area (Å²) in [4.78, 5) is 144. The molecule has 0 unspecified atom stereocenters. The van der Waals surface area contributed by atoms with Crippen molar-refractivity contribution >= 4 is 75.2 Å². The molecule has 0 spiro atoms. The van der Waals surface area contributed by atoms with Gasteiger partial charge < -0.3 is 74.6 Å². The van der Waals surface area contributed by atoms with E-state index in [4.69, 9.17) is 22.3 Å². The number of hydrogen-bond donors (Lipinski definition) is 14. The quantitative estimate of drug-likeness (QED) is 0.0245. The maximum absolute atomic E-state index is 14.1. The molecule has 1 aromatic rings. The predicted molar refractivity (Wildman–Crippen MR) is 255 cm³/mol. The third-order valence-corrected chi connectivity index (χ3v) is 12.4. The smallest absolute Gasteiger partial charge is 0.326 e. The second-order valence-electron chi connectivity index (χ2n) is 17.8. The first-order chi connectivity index (χ1) is 34.1. The molecule has 1 aliphatic heterocycles.